The summed E-state index contributed by atoms with van der Waals surface area (Å²) < 4.78 is 0. The van der Waals surface area contributed by atoms with Gasteiger partial charge in [-0.25, -0.2) is 0 Å². The number of nitrogens with zero attached hydrogens (tertiary/aromatic N) is 2. The zero-order chi connectivity index (χ0) is 9.68. The molecule has 0 spiro atoms. The molecule has 0 atom stereocenters. The van der Waals surface area contributed by atoms with Gasteiger partial charge in [0, 0.05) is 12.3 Å². The van der Waals surface area contributed by atoms with E-state index in [9.17, 15) is 0 Å². The van der Waals surface area contributed by atoms with Crippen molar-refractivity contribution in [3.05, 3.63) is 16.8 Å². The van der Waals surface area contributed by atoms with Crippen molar-refractivity contribution in [2.75, 3.05) is 11.6 Å². The molecule has 0 amide bonds. The predicted molar refractivity (Wildman–Crippen MR) is 53.7 cm³/mol. The highest BCUT2D eigenvalue weighted by Crippen LogP contribution is 2.10. The third-order valence-corrected chi connectivity index (χ3v) is 1.61. The Bertz CT molecular complexity index is 354. The lowest BCUT2D eigenvalue weighted by molar-refractivity contribution is 1.04. The van der Waals surface area contributed by atoms with Crippen LogP contribution < -0.4 is 5.73 Å². The van der Waals surface area contributed by atoms with Gasteiger partial charge >= 0.3 is 0 Å². The Morgan fingerprint density at radius 1 is 1.46 bits per heavy atom. The fourth-order valence-corrected chi connectivity index (χ4v) is 0.924. The van der Waals surface area contributed by atoms with Crippen LogP contribution >= 0.6 is 23.2 Å². The van der Waals surface area contributed by atoms with Crippen molar-refractivity contribution >= 4 is 29.0 Å². The fourth-order valence-electron chi connectivity index (χ4n) is 0.683. The number of nitrogen functional groups attached to an aromatic ring is 1. The summed E-state index contributed by atoms with van der Waals surface area (Å²) in [4.78, 5) is 0. The maximum Gasteiger partial charge on any atom is 0.162 e. The van der Waals surface area contributed by atoms with E-state index in [2.05, 4.69) is 22.0 Å². The highest BCUT2D eigenvalue weighted by molar-refractivity contribution is 6.29. The van der Waals surface area contributed by atoms with Crippen LogP contribution in [0, 0.1) is 11.8 Å². The number of hydrogen-bond donors (Lipinski definition) is 1. The summed E-state index contributed by atoms with van der Waals surface area (Å²) >= 11 is 11.1. The van der Waals surface area contributed by atoms with Crippen LogP contribution in [0.25, 0.3) is 0 Å². The Morgan fingerprint density at radius 3 is 2.92 bits per heavy atom. The van der Waals surface area contributed by atoms with E-state index in [4.69, 9.17) is 28.9 Å². The first kappa shape index (κ1) is 10.1. The molecular formula is C8H7Cl2N3. The number of nitrogens with two attached hydrogens (primary N) is 1. The van der Waals surface area contributed by atoms with Crippen molar-refractivity contribution in [2.45, 2.75) is 6.42 Å². The molecule has 1 aromatic heterocycles. The molecule has 0 saturated heterocycles. The lowest BCUT2D eigenvalue weighted by Gasteiger charge is -1.94. The third-order valence-electron chi connectivity index (χ3n) is 1.24. The molecule has 68 valence electrons. The second-order valence-corrected chi connectivity index (χ2v) is 2.97. The molecule has 0 aliphatic heterocycles. The van der Waals surface area contributed by atoms with Crippen LogP contribution in [-0.2, 0) is 0 Å². The minimum Gasteiger partial charge on any atom is -0.381 e. The van der Waals surface area contributed by atoms with E-state index in [-0.39, 0.29) is 11.0 Å². The quantitative estimate of drug-likeness (QED) is 0.574. The van der Waals surface area contributed by atoms with E-state index < -0.39 is 0 Å². The first-order valence-corrected chi connectivity index (χ1v) is 4.49. The van der Waals surface area contributed by atoms with Crippen molar-refractivity contribution in [1.82, 2.24) is 10.2 Å². The van der Waals surface area contributed by atoms with Gasteiger partial charge in [0.15, 0.2) is 11.0 Å². The van der Waals surface area contributed by atoms with E-state index in [1.54, 1.807) is 6.07 Å². The van der Waals surface area contributed by atoms with Crippen molar-refractivity contribution in [2.24, 2.45) is 0 Å². The second kappa shape index (κ2) is 4.90. The maximum absolute atomic E-state index is 5.61. The zero-order valence-corrected chi connectivity index (χ0v) is 8.23. The van der Waals surface area contributed by atoms with Gasteiger partial charge in [-0.05, 0) is 6.07 Å². The van der Waals surface area contributed by atoms with Crippen molar-refractivity contribution in [1.29, 1.82) is 0 Å². The Balaban J connectivity index is 2.89. The molecule has 3 nitrogen and oxygen atoms in total. The molecule has 0 bridgehead atoms. The topological polar surface area (TPSA) is 51.8 Å². The lowest BCUT2D eigenvalue weighted by atomic mass is 10.3. The van der Waals surface area contributed by atoms with Gasteiger partial charge in [0.05, 0.1) is 5.56 Å². The fraction of sp³-hybridized carbons (Fsp3) is 0.250. The largest absolute Gasteiger partial charge is 0.381 e. The van der Waals surface area contributed by atoms with Gasteiger partial charge < -0.3 is 5.73 Å². The lowest BCUT2D eigenvalue weighted by Crippen LogP contribution is -1.96. The number of alkyl halides is 1. The van der Waals surface area contributed by atoms with Gasteiger partial charge in [-0.1, -0.05) is 23.4 Å². The number of aromatic nitrogens is 2. The number of hydrogen-bond acceptors (Lipinski definition) is 3. The Kier molecular flexibility index (Phi) is 3.81. The monoisotopic (exact) mass is 215 g/mol. The van der Waals surface area contributed by atoms with Crippen molar-refractivity contribution in [3.8, 4) is 11.8 Å². The number of halogens is 2. The maximum atomic E-state index is 5.61. The highest BCUT2D eigenvalue weighted by Gasteiger charge is 1.98. The molecule has 0 aromatic carbocycles. The summed E-state index contributed by atoms with van der Waals surface area (Å²) in [5, 5.41) is 7.46. The standard InChI is InChI=1S/C8H7Cl2N3/c9-4-2-1-3-6-5-7(10)12-13-8(6)11/h5H,2,4H2,(H2,11,13). The van der Waals surface area contributed by atoms with Crippen LogP contribution in [0.1, 0.15) is 12.0 Å². The van der Waals surface area contributed by atoms with Crippen LogP contribution in [-0.4, -0.2) is 16.1 Å². The minimum atomic E-state index is 0.282. The summed E-state index contributed by atoms with van der Waals surface area (Å²) in [5.41, 5.74) is 6.09. The third kappa shape index (κ3) is 3.10. The van der Waals surface area contributed by atoms with Gasteiger partial charge in [0.1, 0.15) is 0 Å². The van der Waals surface area contributed by atoms with Crippen LogP contribution in [0.5, 0.6) is 0 Å². The van der Waals surface area contributed by atoms with Gasteiger partial charge in [-0.2, -0.15) is 0 Å². The van der Waals surface area contributed by atoms with E-state index in [1.165, 1.54) is 0 Å². The predicted octanol–water partition coefficient (Wildman–Crippen LogP) is 1.69. The average Bonchev–Trinajstić information content (AvgIpc) is 2.11. The second-order valence-electron chi connectivity index (χ2n) is 2.21. The molecular weight excluding hydrogens is 209 g/mol. The van der Waals surface area contributed by atoms with Crippen LogP contribution in [0.3, 0.4) is 0 Å². The molecule has 0 fully saturated rings. The Morgan fingerprint density at radius 2 is 2.23 bits per heavy atom. The Labute approximate surface area is 86.2 Å². The SMILES string of the molecule is Nc1nnc(Cl)cc1C#CCCCl. The van der Waals surface area contributed by atoms with E-state index in [0.29, 0.717) is 17.9 Å². The molecule has 0 aliphatic rings. The van der Waals surface area contributed by atoms with Gasteiger partial charge in [-0.15, -0.1) is 21.8 Å². The van der Waals surface area contributed by atoms with E-state index >= 15 is 0 Å². The highest BCUT2D eigenvalue weighted by atomic mass is 35.5. The van der Waals surface area contributed by atoms with Gasteiger partial charge in [-0.3, -0.25) is 0 Å². The average molecular weight is 216 g/mol. The van der Waals surface area contributed by atoms with E-state index in [0.717, 1.165) is 0 Å². The molecule has 1 heterocycles. The van der Waals surface area contributed by atoms with Crippen LogP contribution in [0.2, 0.25) is 5.15 Å². The van der Waals surface area contributed by atoms with E-state index in [1.807, 2.05) is 0 Å². The van der Waals surface area contributed by atoms with Crippen molar-refractivity contribution < 1.29 is 0 Å². The molecule has 0 saturated carbocycles. The summed E-state index contributed by atoms with van der Waals surface area (Å²) in [7, 11) is 0. The van der Waals surface area contributed by atoms with Crippen molar-refractivity contribution in [3.63, 3.8) is 0 Å². The smallest absolute Gasteiger partial charge is 0.162 e. The molecule has 0 aliphatic carbocycles. The summed E-state index contributed by atoms with van der Waals surface area (Å²) in [6.45, 7) is 0. The molecule has 0 unspecified atom stereocenters. The minimum absolute atomic E-state index is 0.282. The summed E-state index contributed by atoms with van der Waals surface area (Å²) in [6, 6.07) is 1.57. The molecule has 5 heteroatoms. The molecule has 1 aromatic rings. The summed E-state index contributed by atoms with van der Waals surface area (Å²) in [6.07, 6.45) is 0.612. The Hall–Kier alpha value is -0.980. The van der Waals surface area contributed by atoms with Crippen LogP contribution in [0.15, 0.2) is 6.07 Å². The zero-order valence-electron chi connectivity index (χ0n) is 6.72. The molecule has 0 radical (unpaired) electrons. The molecule has 13 heavy (non-hydrogen) atoms. The number of anilines is 1. The normalized spacial score (nSPS) is 9.08. The molecule has 1 rings (SSSR count). The first-order valence-electron chi connectivity index (χ1n) is 3.57. The van der Waals surface area contributed by atoms with Gasteiger partial charge in [0.25, 0.3) is 0 Å². The molecule has 2 N–H and O–H groups in total. The number of rotatable bonds is 1. The van der Waals surface area contributed by atoms with Crippen LogP contribution in [0.4, 0.5) is 5.82 Å². The first-order chi connectivity index (χ1) is 6.24. The summed E-state index contributed by atoms with van der Waals surface area (Å²) in [5.74, 6) is 6.42. The van der Waals surface area contributed by atoms with Gasteiger partial charge in [0.2, 0.25) is 0 Å².